The zero-order chi connectivity index (χ0) is 11.7. The first-order valence-corrected chi connectivity index (χ1v) is 6.06. The van der Waals surface area contributed by atoms with Crippen molar-refractivity contribution in [1.29, 1.82) is 5.26 Å². The maximum Gasteiger partial charge on any atom is 0.0983 e. The van der Waals surface area contributed by atoms with Gasteiger partial charge >= 0.3 is 0 Å². The van der Waals surface area contributed by atoms with Crippen molar-refractivity contribution in [1.82, 2.24) is 0 Å². The Morgan fingerprint density at radius 2 is 2.12 bits per heavy atom. The van der Waals surface area contributed by atoms with Crippen LogP contribution in [0.5, 0.6) is 0 Å². The number of nitriles is 1. The molecule has 0 aliphatic carbocycles. The van der Waals surface area contributed by atoms with Gasteiger partial charge in [0.05, 0.1) is 24.7 Å². The zero-order valence-electron chi connectivity index (χ0n) is 9.74. The molecule has 0 unspecified atom stereocenters. The maximum atomic E-state index is 8.84. The minimum Gasteiger partial charge on any atom is -0.381 e. The quantitative estimate of drug-likeness (QED) is 0.742. The summed E-state index contributed by atoms with van der Waals surface area (Å²) < 4.78 is 11.5. The highest BCUT2D eigenvalue weighted by atomic mass is 16.5. The van der Waals surface area contributed by atoms with E-state index >= 15 is 0 Å². The first-order valence-electron chi connectivity index (χ1n) is 6.06. The Balaban J connectivity index is 2.02. The summed E-state index contributed by atoms with van der Waals surface area (Å²) in [4.78, 5) is 0. The van der Waals surface area contributed by atoms with E-state index < -0.39 is 0 Å². The summed E-state index contributed by atoms with van der Waals surface area (Å²) >= 11 is 0. The molecule has 0 radical (unpaired) electrons. The summed E-state index contributed by atoms with van der Waals surface area (Å²) in [6.45, 7) is 2.18. The second-order valence-electron chi connectivity index (χ2n) is 4.67. The Morgan fingerprint density at radius 1 is 1.29 bits per heavy atom. The van der Waals surface area contributed by atoms with Gasteiger partial charge in [-0.15, -0.1) is 0 Å². The van der Waals surface area contributed by atoms with Crippen molar-refractivity contribution in [3.63, 3.8) is 0 Å². The fourth-order valence-corrected chi connectivity index (χ4v) is 2.89. The maximum absolute atomic E-state index is 8.84. The molecule has 1 saturated heterocycles. The smallest absolute Gasteiger partial charge is 0.0983 e. The topological polar surface area (TPSA) is 42.2 Å². The van der Waals surface area contributed by atoms with E-state index in [1.165, 1.54) is 11.1 Å². The van der Waals surface area contributed by atoms with E-state index in [2.05, 4.69) is 12.1 Å². The predicted molar refractivity (Wildman–Crippen MR) is 62.3 cm³/mol. The summed E-state index contributed by atoms with van der Waals surface area (Å²) in [6.07, 6.45) is 2.32. The lowest BCUT2D eigenvalue weighted by Crippen LogP contribution is -2.33. The molecule has 3 heteroatoms. The zero-order valence-corrected chi connectivity index (χ0v) is 9.74. The van der Waals surface area contributed by atoms with Gasteiger partial charge in [-0.05, 0) is 16.7 Å². The molecule has 17 heavy (non-hydrogen) atoms. The van der Waals surface area contributed by atoms with Gasteiger partial charge in [0, 0.05) is 26.1 Å². The van der Waals surface area contributed by atoms with Crippen LogP contribution < -0.4 is 0 Å². The van der Waals surface area contributed by atoms with Crippen LogP contribution in [0, 0.1) is 11.3 Å². The van der Waals surface area contributed by atoms with E-state index in [0.717, 1.165) is 31.6 Å². The first-order chi connectivity index (χ1) is 8.36. The highest BCUT2D eigenvalue weighted by Gasteiger charge is 2.41. The third kappa shape index (κ3) is 1.65. The van der Waals surface area contributed by atoms with E-state index in [-0.39, 0.29) is 5.60 Å². The van der Waals surface area contributed by atoms with Gasteiger partial charge in [0.1, 0.15) is 0 Å². The molecule has 2 heterocycles. The average Bonchev–Trinajstić information content (AvgIpc) is 2.71. The molecule has 0 atom stereocenters. The Morgan fingerprint density at radius 3 is 2.88 bits per heavy atom. The fourth-order valence-electron chi connectivity index (χ4n) is 2.89. The van der Waals surface area contributed by atoms with Crippen LogP contribution in [0.2, 0.25) is 0 Å². The van der Waals surface area contributed by atoms with E-state index in [0.29, 0.717) is 13.0 Å². The Labute approximate surface area is 101 Å². The van der Waals surface area contributed by atoms with Gasteiger partial charge in [0.15, 0.2) is 0 Å². The lowest BCUT2D eigenvalue weighted by molar-refractivity contribution is -0.107. The molecule has 0 aromatic heterocycles. The van der Waals surface area contributed by atoms with E-state index in [9.17, 15) is 0 Å². The van der Waals surface area contributed by atoms with Gasteiger partial charge in [-0.1, -0.05) is 18.2 Å². The summed E-state index contributed by atoms with van der Waals surface area (Å²) in [5.41, 5.74) is 3.50. The molecule has 1 fully saturated rings. The van der Waals surface area contributed by atoms with Crippen LogP contribution >= 0.6 is 0 Å². The van der Waals surface area contributed by atoms with Crippen LogP contribution in [-0.2, 0) is 28.1 Å². The molecule has 0 N–H and O–H groups in total. The highest BCUT2D eigenvalue weighted by Crippen LogP contribution is 2.44. The van der Waals surface area contributed by atoms with Crippen molar-refractivity contribution in [3.8, 4) is 6.07 Å². The average molecular weight is 229 g/mol. The van der Waals surface area contributed by atoms with Crippen molar-refractivity contribution in [2.75, 3.05) is 13.2 Å². The van der Waals surface area contributed by atoms with Crippen LogP contribution in [0.4, 0.5) is 0 Å². The molecule has 0 saturated carbocycles. The third-order valence-corrected chi connectivity index (χ3v) is 3.83. The molecule has 2 aliphatic rings. The molecule has 3 nitrogen and oxygen atoms in total. The highest BCUT2D eigenvalue weighted by molar-refractivity contribution is 5.42. The molecule has 2 aliphatic heterocycles. The molecule has 0 bridgehead atoms. The largest absolute Gasteiger partial charge is 0.381 e. The number of hydrogen-bond acceptors (Lipinski definition) is 3. The van der Waals surface area contributed by atoms with Crippen molar-refractivity contribution < 1.29 is 9.47 Å². The van der Waals surface area contributed by atoms with Gasteiger partial charge in [0.2, 0.25) is 0 Å². The summed E-state index contributed by atoms with van der Waals surface area (Å²) in [7, 11) is 0. The monoisotopic (exact) mass is 229 g/mol. The van der Waals surface area contributed by atoms with Crippen LogP contribution in [-0.4, -0.2) is 13.2 Å². The van der Waals surface area contributed by atoms with Crippen molar-refractivity contribution in [3.05, 3.63) is 34.9 Å². The Kier molecular flexibility index (Phi) is 2.62. The number of nitrogens with zero attached hydrogens (tertiary/aromatic N) is 1. The van der Waals surface area contributed by atoms with Crippen LogP contribution in [0.3, 0.4) is 0 Å². The number of hydrogen-bond donors (Lipinski definition) is 0. The predicted octanol–water partition coefficient (Wildman–Crippen LogP) is 2.29. The van der Waals surface area contributed by atoms with E-state index in [1.807, 2.05) is 12.1 Å². The van der Waals surface area contributed by atoms with Crippen molar-refractivity contribution in [2.45, 2.75) is 31.5 Å². The Bertz CT molecular complexity index is 470. The number of ether oxygens (including phenoxy) is 2. The molecular weight excluding hydrogens is 214 g/mol. The lowest BCUT2D eigenvalue weighted by Gasteiger charge is -2.33. The molecule has 1 spiro atoms. The van der Waals surface area contributed by atoms with Crippen LogP contribution in [0.1, 0.15) is 29.5 Å². The van der Waals surface area contributed by atoms with Gasteiger partial charge in [-0.3, -0.25) is 0 Å². The van der Waals surface area contributed by atoms with E-state index in [4.69, 9.17) is 14.7 Å². The van der Waals surface area contributed by atoms with Crippen LogP contribution in [0.25, 0.3) is 0 Å². The molecule has 1 aromatic rings. The summed E-state index contributed by atoms with van der Waals surface area (Å²) in [5.74, 6) is 0. The second kappa shape index (κ2) is 4.14. The molecular formula is C14H15NO2. The van der Waals surface area contributed by atoms with Crippen molar-refractivity contribution in [2.24, 2.45) is 0 Å². The normalized spacial score (nSPS) is 21.1. The van der Waals surface area contributed by atoms with E-state index in [1.54, 1.807) is 0 Å². The number of rotatable bonds is 1. The third-order valence-electron chi connectivity index (χ3n) is 3.83. The first kappa shape index (κ1) is 10.8. The van der Waals surface area contributed by atoms with Gasteiger partial charge in [0.25, 0.3) is 0 Å². The number of benzene rings is 1. The SMILES string of the molecule is N#CCc1cccc2c1COC21CCOCC1. The minimum atomic E-state index is -0.140. The second-order valence-corrected chi connectivity index (χ2v) is 4.67. The lowest BCUT2D eigenvalue weighted by atomic mass is 9.84. The summed E-state index contributed by atoms with van der Waals surface area (Å²) in [6, 6.07) is 8.44. The fraction of sp³-hybridized carbons (Fsp3) is 0.500. The van der Waals surface area contributed by atoms with Gasteiger partial charge in [-0.2, -0.15) is 5.26 Å². The molecule has 3 rings (SSSR count). The van der Waals surface area contributed by atoms with Crippen molar-refractivity contribution >= 4 is 0 Å². The molecule has 88 valence electrons. The Hall–Kier alpha value is -1.37. The van der Waals surface area contributed by atoms with Gasteiger partial charge < -0.3 is 9.47 Å². The molecule has 0 amide bonds. The number of fused-ring (bicyclic) bond motifs is 2. The molecule has 1 aromatic carbocycles. The summed E-state index contributed by atoms with van der Waals surface area (Å²) in [5, 5.41) is 8.84. The van der Waals surface area contributed by atoms with Crippen LogP contribution in [0.15, 0.2) is 18.2 Å². The van der Waals surface area contributed by atoms with Gasteiger partial charge in [-0.25, -0.2) is 0 Å². The standard InChI is InChI=1S/C14H15NO2/c15-7-4-11-2-1-3-13-12(11)10-17-14(13)5-8-16-9-6-14/h1-3H,4-6,8-10H2. The minimum absolute atomic E-state index is 0.140.